The lowest BCUT2D eigenvalue weighted by Gasteiger charge is -2.14. The maximum Gasteiger partial charge on any atom is 0.282 e. The van der Waals surface area contributed by atoms with Gasteiger partial charge in [0.1, 0.15) is 0 Å². The van der Waals surface area contributed by atoms with E-state index in [1.807, 2.05) is 0 Å². The first-order valence-corrected chi connectivity index (χ1v) is 5.61. The minimum Gasteiger partial charge on any atom is -0.396 e. The summed E-state index contributed by atoms with van der Waals surface area (Å²) >= 11 is 0. The molecule has 1 aliphatic carbocycles. The second-order valence-corrected chi connectivity index (χ2v) is 4.37. The summed E-state index contributed by atoms with van der Waals surface area (Å²) in [6, 6.07) is 0.0285. The summed E-state index contributed by atoms with van der Waals surface area (Å²) in [6.45, 7) is 0.138. The molecular weight excluding hydrogens is 222 g/mol. The number of carbonyl (C=O) groups is 1. The van der Waals surface area contributed by atoms with Gasteiger partial charge in [-0.25, -0.2) is 4.98 Å². The topological polar surface area (TPSA) is 98.2 Å². The molecule has 0 aliphatic heterocycles. The number of nitrogens with zero attached hydrogens (tertiary/aromatic N) is 2. The Hall–Kier alpha value is -1.69. The number of hydrogen-bond donors (Lipinski definition) is 2. The van der Waals surface area contributed by atoms with Crippen LogP contribution in [0.25, 0.3) is 0 Å². The zero-order valence-electron chi connectivity index (χ0n) is 9.37. The molecule has 0 saturated heterocycles. The molecule has 1 aromatic heterocycles. The van der Waals surface area contributed by atoms with Gasteiger partial charge < -0.3 is 15.4 Å². The van der Waals surface area contributed by atoms with E-state index in [9.17, 15) is 9.59 Å². The number of aromatic nitrogens is 2. The van der Waals surface area contributed by atoms with Crippen LogP contribution in [0.5, 0.6) is 0 Å². The molecule has 1 heterocycles. The van der Waals surface area contributed by atoms with Crippen LogP contribution in [-0.4, -0.2) is 27.2 Å². The van der Waals surface area contributed by atoms with Crippen LogP contribution in [0.1, 0.15) is 35.8 Å². The second kappa shape index (κ2) is 4.67. The monoisotopic (exact) mass is 237 g/mol. The van der Waals surface area contributed by atoms with Crippen molar-refractivity contribution in [1.82, 2.24) is 9.55 Å². The summed E-state index contributed by atoms with van der Waals surface area (Å²) in [7, 11) is 0. The normalized spacial score (nSPS) is 23.8. The summed E-state index contributed by atoms with van der Waals surface area (Å²) in [5.74, 6) is -0.571. The smallest absolute Gasteiger partial charge is 0.282 e. The number of rotatable bonds is 3. The highest BCUT2D eigenvalue weighted by atomic mass is 16.3. The quantitative estimate of drug-likeness (QED) is 0.752. The molecule has 1 saturated carbocycles. The van der Waals surface area contributed by atoms with E-state index in [-0.39, 0.29) is 24.3 Å². The predicted octanol–water partition coefficient (Wildman–Crippen LogP) is -0.324. The van der Waals surface area contributed by atoms with Crippen molar-refractivity contribution in [2.24, 2.45) is 11.7 Å². The number of nitrogens with two attached hydrogens (primary N) is 1. The lowest BCUT2D eigenvalue weighted by Crippen LogP contribution is -2.32. The van der Waals surface area contributed by atoms with E-state index in [4.69, 9.17) is 10.8 Å². The third-order valence-corrected chi connectivity index (χ3v) is 3.27. The third kappa shape index (κ3) is 2.21. The molecule has 1 aromatic rings. The fourth-order valence-corrected chi connectivity index (χ4v) is 2.35. The number of primary amides is 1. The molecule has 1 aliphatic rings. The average molecular weight is 237 g/mol. The summed E-state index contributed by atoms with van der Waals surface area (Å²) in [5.41, 5.74) is 4.42. The SMILES string of the molecule is NC(=O)c1nccn(C2CCC(CO)C2)c1=O. The number of amides is 1. The zero-order valence-corrected chi connectivity index (χ0v) is 9.37. The van der Waals surface area contributed by atoms with Crippen LogP contribution in [0.2, 0.25) is 0 Å². The number of aliphatic hydroxyl groups is 1. The molecule has 1 fully saturated rings. The Labute approximate surface area is 98.1 Å². The molecule has 1 amide bonds. The van der Waals surface area contributed by atoms with Gasteiger partial charge in [-0.05, 0) is 25.2 Å². The van der Waals surface area contributed by atoms with E-state index in [2.05, 4.69) is 4.98 Å². The summed E-state index contributed by atoms with van der Waals surface area (Å²) < 4.78 is 1.50. The van der Waals surface area contributed by atoms with Crippen molar-refractivity contribution in [2.75, 3.05) is 6.61 Å². The highest BCUT2D eigenvalue weighted by Gasteiger charge is 2.26. The van der Waals surface area contributed by atoms with E-state index in [0.717, 1.165) is 19.3 Å². The van der Waals surface area contributed by atoms with E-state index in [0.29, 0.717) is 0 Å². The Morgan fingerprint density at radius 2 is 2.35 bits per heavy atom. The molecule has 0 aromatic carbocycles. The highest BCUT2D eigenvalue weighted by molar-refractivity contribution is 5.90. The van der Waals surface area contributed by atoms with Crippen molar-refractivity contribution in [3.8, 4) is 0 Å². The lowest BCUT2D eigenvalue weighted by atomic mass is 10.1. The summed E-state index contributed by atoms with van der Waals surface area (Å²) in [4.78, 5) is 26.6. The van der Waals surface area contributed by atoms with E-state index in [1.54, 1.807) is 6.20 Å². The van der Waals surface area contributed by atoms with E-state index < -0.39 is 11.5 Å². The number of hydrogen-bond acceptors (Lipinski definition) is 4. The van der Waals surface area contributed by atoms with Crippen LogP contribution in [0.3, 0.4) is 0 Å². The Morgan fingerprint density at radius 3 is 2.94 bits per heavy atom. The van der Waals surface area contributed by atoms with Gasteiger partial charge in [0, 0.05) is 25.0 Å². The Bertz CT molecular complexity index is 483. The van der Waals surface area contributed by atoms with Crippen LogP contribution < -0.4 is 11.3 Å². The number of carbonyl (C=O) groups excluding carboxylic acids is 1. The fourth-order valence-electron chi connectivity index (χ4n) is 2.35. The third-order valence-electron chi connectivity index (χ3n) is 3.27. The standard InChI is InChI=1S/C11H15N3O3/c12-10(16)9-11(17)14(4-3-13-9)8-2-1-7(5-8)6-15/h3-4,7-8,15H,1-2,5-6H2,(H2,12,16). The average Bonchev–Trinajstić information content (AvgIpc) is 2.77. The van der Waals surface area contributed by atoms with Crippen LogP contribution in [-0.2, 0) is 0 Å². The van der Waals surface area contributed by atoms with Crippen molar-refractivity contribution >= 4 is 5.91 Å². The molecule has 0 spiro atoms. The Balaban J connectivity index is 2.31. The van der Waals surface area contributed by atoms with Gasteiger partial charge in [0.15, 0.2) is 5.69 Å². The Morgan fingerprint density at radius 1 is 1.59 bits per heavy atom. The van der Waals surface area contributed by atoms with Gasteiger partial charge in [-0.2, -0.15) is 0 Å². The molecule has 92 valence electrons. The number of aliphatic hydroxyl groups excluding tert-OH is 1. The maximum atomic E-state index is 11.9. The summed E-state index contributed by atoms with van der Waals surface area (Å²) in [5, 5.41) is 9.07. The van der Waals surface area contributed by atoms with Crippen molar-refractivity contribution in [3.63, 3.8) is 0 Å². The van der Waals surface area contributed by atoms with Crippen molar-refractivity contribution in [1.29, 1.82) is 0 Å². The fraction of sp³-hybridized carbons (Fsp3) is 0.545. The summed E-state index contributed by atoms with van der Waals surface area (Å²) in [6.07, 6.45) is 5.45. The molecule has 3 N–H and O–H groups in total. The largest absolute Gasteiger partial charge is 0.396 e. The van der Waals surface area contributed by atoms with Gasteiger partial charge in [-0.1, -0.05) is 0 Å². The molecule has 17 heavy (non-hydrogen) atoms. The molecular formula is C11H15N3O3. The van der Waals surface area contributed by atoms with Crippen LogP contribution >= 0.6 is 0 Å². The first kappa shape index (κ1) is 11.8. The second-order valence-electron chi connectivity index (χ2n) is 4.37. The van der Waals surface area contributed by atoms with Crippen molar-refractivity contribution in [3.05, 3.63) is 28.4 Å². The molecule has 2 unspecified atom stereocenters. The first-order valence-electron chi connectivity index (χ1n) is 5.61. The molecule has 2 atom stereocenters. The minimum atomic E-state index is -0.805. The predicted molar refractivity (Wildman–Crippen MR) is 60.5 cm³/mol. The molecule has 2 rings (SSSR count). The van der Waals surface area contributed by atoms with Crippen molar-refractivity contribution < 1.29 is 9.90 Å². The van der Waals surface area contributed by atoms with Gasteiger partial charge in [-0.3, -0.25) is 9.59 Å². The highest BCUT2D eigenvalue weighted by Crippen LogP contribution is 2.33. The first-order chi connectivity index (χ1) is 8.13. The Kier molecular flexibility index (Phi) is 3.23. The van der Waals surface area contributed by atoms with Crippen LogP contribution in [0, 0.1) is 5.92 Å². The van der Waals surface area contributed by atoms with Gasteiger partial charge in [-0.15, -0.1) is 0 Å². The minimum absolute atomic E-state index is 0.0285. The molecule has 0 bridgehead atoms. The molecule has 0 radical (unpaired) electrons. The maximum absolute atomic E-state index is 11.9. The molecule has 6 nitrogen and oxygen atoms in total. The van der Waals surface area contributed by atoms with Gasteiger partial charge in [0.2, 0.25) is 0 Å². The van der Waals surface area contributed by atoms with E-state index in [1.165, 1.54) is 10.8 Å². The van der Waals surface area contributed by atoms with Crippen LogP contribution in [0.15, 0.2) is 17.2 Å². The van der Waals surface area contributed by atoms with Crippen molar-refractivity contribution in [2.45, 2.75) is 25.3 Å². The zero-order chi connectivity index (χ0) is 12.4. The molecule has 6 heteroatoms. The van der Waals surface area contributed by atoms with E-state index >= 15 is 0 Å². The van der Waals surface area contributed by atoms with Gasteiger partial charge in [0.05, 0.1) is 0 Å². The lowest BCUT2D eigenvalue weighted by molar-refractivity contribution is 0.0993. The van der Waals surface area contributed by atoms with Gasteiger partial charge in [0.25, 0.3) is 11.5 Å². The van der Waals surface area contributed by atoms with Gasteiger partial charge >= 0.3 is 0 Å². The van der Waals surface area contributed by atoms with Crippen LogP contribution in [0.4, 0.5) is 0 Å².